The molecule has 0 bridgehead atoms. The highest BCUT2D eigenvalue weighted by molar-refractivity contribution is 5.74. The molecule has 0 aliphatic carbocycles. The number of amides is 2. The van der Waals surface area contributed by atoms with Crippen molar-refractivity contribution in [1.29, 1.82) is 0 Å². The second-order valence-corrected chi connectivity index (χ2v) is 5.36. The molecule has 1 saturated heterocycles. The average molecular weight is 300 g/mol. The molecule has 1 aliphatic heterocycles. The molecule has 6 heteroatoms. The van der Waals surface area contributed by atoms with Gasteiger partial charge in [0, 0.05) is 45.1 Å². The molecular formula is C16H20N4O2. The third-order valence-electron chi connectivity index (χ3n) is 3.78. The average Bonchev–Trinajstić information content (AvgIpc) is 3.08. The van der Waals surface area contributed by atoms with Crippen molar-refractivity contribution >= 4 is 6.03 Å². The molecular weight excluding hydrogens is 280 g/mol. The van der Waals surface area contributed by atoms with Crippen LogP contribution in [0.3, 0.4) is 0 Å². The maximum Gasteiger partial charge on any atom is 0.317 e. The monoisotopic (exact) mass is 300 g/mol. The van der Waals surface area contributed by atoms with Crippen LogP contribution < -0.4 is 5.32 Å². The van der Waals surface area contributed by atoms with Gasteiger partial charge in [-0.15, -0.1) is 0 Å². The SMILES string of the molecule is O=C(NCc1ccco1)N1CCN(Cc2cccnc2)CC1. The van der Waals surface area contributed by atoms with E-state index in [1.807, 2.05) is 29.3 Å². The highest BCUT2D eigenvalue weighted by Crippen LogP contribution is 2.08. The standard InChI is InChI=1S/C16H20N4O2/c21-16(18-12-15-4-2-10-22-15)20-8-6-19(7-9-20)13-14-3-1-5-17-11-14/h1-5,10-11H,6-9,12-13H2,(H,18,21). The van der Waals surface area contributed by atoms with Gasteiger partial charge in [-0.2, -0.15) is 0 Å². The Morgan fingerprint density at radius 1 is 1.23 bits per heavy atom. The highest BCUT2D eigenvalue weighted by atomic mass is 16.3. The lowest BCUT2D eigenvalue weighted by Crippen LogP contribution is -2.51. The fraction of sp³-hybridized carbons (Fsp3) is 0.375. The van der Waals surface area contributed by atoms with Crippen molar-refractivity contribution in [1.82, 2.24) is 20.1 Å². The molecule has 2 amide bonds. The summed E-state index contributed by atoms with van der Waals surface area (Å²) in [4.78, 5) is 20.4. The summed E-state index contributed by atoms with van der Waals surface area (Å²) in [5.74, 6) is 0.767. The number of urea groups is 1. The van der Waals surface area contributed by atoms with E-state index in [-0.39, 0.29) is 6.03 Å². The molecule has 0 saturated carbocycles. The summed E-state index contributed by atoms with van der Waals surface area (Å²) < 4.78 is 5.21. The minimum atomic E-state index is -0.0302. The van der Waals surface area contributed by atoms with Gasteiger partial charge in [-0.3, -0.25) is 9.88 Å². The van der Waals surface area contributed by atoms with E-state index < -0.39 is 0 Å². The quantitative estimate of drug-likeness (QED) is 0.933. The Morgan fingerprint density at radius 3 is 2.77 bits per heavy atom. The molecule has 22 heavy (non-hydrogen) atoms. The Balaban J connectivity index is 1.42. The van der Waals surface area contributed by atoms with Crippen molar-refractivity contribution in [3.63, 3.8) is 0 Å². The number of rotatable bonds is 4. The van der Waals surface area contributed by atoms with Crippen molar-refractivity contribution in [3.8, 4) is 0 Å². The zero-order valence-electron chi connectivity index (χ0n) is 12.4. The molecule has 2 aromatic rings. The van der Waals surface area contributed by atoms with Gasteiger partial charge in [0.2, 0.25) is 0 Å². The number of carbonyl (C=O) groups excluding carboxylic acids is 1. The maximum atomic E-state index is 12.1. The topological polar surface area (TPSA) is 61.6 Å². The van der Waals surface area contributed by atoms with Crippen LogP contribution in [0.15, 0.2) is 47.3 Å². The lowest BCUT2D eigenvalue weighted by molar-refractivity contribution is 0.134. The molecule has 2 aromatic heterocycles. The summed E-state index contributed by atoms with van der Waals surface area (Å²) in [6.45, 7) is 4.55. The summed E-state index contributed by atoms with van der Waals surface area (Å²) in [7, 11) is 0. The van der Waals surface area contributed by atoms with Gasteiger partial charge in [-0.1, -0.05) is 6.07 Å². The lowest BCUT2D eigenvalue weighted by atomic mass is 10.2. The molecule has 6 nitrogen and oxygen atoms in total. The Morgan fingerprint density at radius 2 is 2.09 bits per heavy atom. The van der Waals surface area contributed by atoms with Crippen molar-refractivity contribution in [2.75, 3.05) is 26.2 Å². The maximum absolute atomic E-state index is 12.1. The van der Waals surface area contributed by atoms with E-state index in [1.165, 1.54) is 5.56 Å². The van der Waals surface area contributed by atoms with Crippen LogP contribution in [-0.2, 0) is 13.1 Å². The molecule has 0 atom stereocenters. The normalized spacial score (nSPS) is 15.7. The fourth-order valence-electron chi connectivity index (χ4n) is 2.55. The molecule has 0 aromatic carbocycles. The summed E-state index contributed by atoms with van der Waals surface area (Å²) >= 11 is 0. The predicted octanol–water partition coefficient (Wildman–Crippen LogP) is 1.70. The Bertz CT molecular complexity index is 577. The Hall–Kier alpha value is -2.34. The first kappa shape index (κ1) is 14.6. The summed E-state index contributed by atoms with van der Waals surface area (Å²) in [6.07, 6.45) is 5.28. The number of nitrogens with zero attached hydrogens (tertiary/aromatic N) is 3. The van der Waals surface area contributed by atoms with E-state index >= 15 is 0 Å². The minimum Gasteiger partial charge on any atom is -0.467 e. The molecule has 0 radical (unpaired) electrons. The highest BCUT2D eigenvalue weighted by Gasteiger charge is 2.20. The first-order valence-electron chi connectivity index (χ1n) is 7.48. The smallest absolute Gasteiger partial charge is 0.317 e. The molecule has 1 aliphatic rings. The van der Waals surface area contributed by atoms with Crippen LogP contribution in [0.2, 0.25) is 0 Å². The van der Waals surface area contributed by atoms with E-state index in [2.05, 4.69) is 21.3 Å². The number of nitrogens with one attached hydrogen (secondary N) is 1. The molecule has 116 valence electrons. The van der Waals surface area contributed by atoms with Crippen LogP contribution in [0.4, 0.5) is 4.79 Å². The van der Waals surface area contributed by atoms with Crippen LogP contribution in [0.25, 0.3) is 0 Å². The lowest BCUT2D eigenvalue weighted by Gasteiger charge is -2.34. The minimum absolute atomic E-state index is 0.0302. The zero-order chi connectivity index (χ0) is 15.2. The Kier molecular flexibility index (Phi) is 4.70. The van der Waals surface area contributed by atoms with Gasteiger partial charge in [0.05, 0.1) is 12.8 Å². The van der Waals surface area contributed by atoms with Gasteiger partial charge in [-0.25, -0.2) is 4.79 Å². The van der Waals surface area contributed by atoms with Crippen LogP contribution in [-0.4, -0.2) is 47.0 Å². The van der Waals surface area contributed by atoms with Gasteiger partial charge >= 0.3 is 6.03 Å². The molecule has 3 heterocycles. The number of carbonyl (C=O) groups is 1. The summed E-state index contributed by atoms with van der Waals surface area (Å²) in [5.41, 5.74) is 1.21. The molecule has 0 unspecified atom stereocenters. The van der Waals surface area contributed by atoms with Crippen molar-refractivity contribution in [2.45, 2.75) is 13.1 Å². The number of piperazine rings is 1. The molecule has 1 N–H and O–H groups in total. The first-order valence-corrected chi connectivity index (χ1v) is 7.48. The number of furan rings is 1. The second kappa shape index (κ2) is 7.09. The Labute approximate surface area is 129 Å². The largest absolute Gasteiger partial charge is 0.467 e. The van der Waals surface area contributed by atoms with Crippen molar-refractivity contribution in [2.24, 2.45) is 0 Å². The van der Waals surface area contributed by atoms with Crippen LogP contribution in [0, 0.1) is 0 Å². The molecule has 3 rings (SSSR count). The third-order valence-corrected chi connectivity index (χ3v) is 3.78. The predicted molar refractivity (Wildman–Crippen MR) is 82.0 cm³/mol. The summed E-state index contributed by atoms with van der Waals surface area (Å²) in [5, 5.41) is 2.88. The third kappa shape index (κ3) is 3.85. The van der Waals surface area contributed by atoms with E-state index in [9.17, 15) is 4.79 Å². The van der Waals surface area contributed by atoms with E-state index in [1.54, 1.807) is 12.5 Å². The van der Waals surface area contributed by atoms with Crippen LogP contribution >= 0.6 is 0 Å². The summed E-state index contributed by atoms with van der Waals surface area (Å²) in [6, 6.07) is 7.67. The van der Waals surface area contributed by atoms with E-state index in [4.69, 9.17) is 4.42 Å². The van der Waals surface area contributed by atoms with Crippen molar-refractivity contribution in [3.05, 3.63) is 54.2 Å². The van der Waals surface area contributed by atoms with Crippen molar-refractivity contribution < 1.29 is 9.21 Å². The number of hydrogen-bond donors (Lipinski definition) is 1. The van der Waals surface area contributed by atoms with E-state index in [0.29, 0.717) is 6.54 Å². The van der Waals surface area contributed by atoms with Crippen LogP contribution in [0.5, 0.6) is 0 Å². The number of hydrogen-bond acceptors (Lipinski definition) is 4. The van der Waals surface area contributed by atoms with Gasteiger partial charge in [0.15, 0.2) is 0 Å². The zero-order valence-corrected chi connectivity index (χ0v) is 12.4. The molecule has 0 spiro atoms. The van der Waals surface area contributed by atoms with Gasteiger partial charge < -0.3 is 14.6 Å². The number of pyridine rings is 1. The fourth-order valence-corrected chi connectivity index (χ4v) is 2.55. The second-order valence-electron chi connectivity index (χ2n) is 5.36. The van der Waals surface area contributed by atoms with Gasteiger partial charge in [0.1, 0.15) is 5.76 Å². The van der Waals surface area contributed by atoms with Gasteiger partial charge in [0.25, 0.3) is 0 Å². The van der Waals surface area contributed by atoms with E-state index in [0.717, 1.165) is 38.5 Å². The first-order chi connectivity index (χ1) is 10.8. The number of aromatic nitrogens is 1. The van der Waals surface area contributed by atoms with Crippen LogP contribution in [0.1, 0.15) is 11.3 Å². The molecule has 1 fully saturated rings. The van der Waals surface area contributed by atoms with Gasteiger partial charge in [-0.05, 0) is 23.8 Å².